The molecule has 0 aromatic heterocycles. The molecule has 0 aromatic rings. The van der Waals surface area contributed by atoms with Crippen LogP contribution in [0.5, 0.6) is 0 Å². The minimum atomic E-state index is 0.732. The molecule has 0 aliphatic carbocycles. The Morgan fingerprint density at radius 2 is 2.00 bits per heavy atom. The number of hydrogen-bond donors (Lipinski definition) is 1. The van der Waals surface area contributed by atoms with E-state index in [0.29, 0.717) is 0 Å². The highest BCUT2D eigenvalue weighted by atomic mass is 32.2. The number of nitrogens with one attached hydrogen (secondary N) is 1. The highest BCUT2D eigenvalue weighted by molar-refractivity contribution is 7.99. The summed E-state index contributed by atoms with van der Waals surface area (Å²) < 4.78 is 0. The van der Waals surface area contributed by atoms with Crippen molar-refractivity contribution in [3.63, 3.8) is 0 Å². The first-order chi connectivity index (χ1) is 8.24. The molecule has 0 spiro atoms. The molecule has 1 saturated heterocycles. The lowest BCUT2D eigenvalue weighted by Gasteiger charge is -2.26. The molecule has 0 bridgehead atoms. The van der Waals surface area contributed by atoms with Gasteiger partial charge in [-0.05, 0) is 58.3 Å². The van der Waals surface area contributed by atoms with Crippen molar-refractivity contribution >= 4 is 23.5 Å². The molecule has 1 atom stereocenters. The largest absolute Gasteiger partial charge is 0.317 e. The van der Waals surface area contributed by atoms with E-state index in [2.05, 4.69) is 42.2 Å². The fourth-order valence-corrected chi connectivity index (χ4v) is 3.93. The first-order valence-corrected chi connectivity index (χ1v) is 9.19. The summed E-state index contributed by atoms with van der Waals surface area (Å²) in [5, 5.41) is 4.34. The molecule has 0 saturated carbocycles. The van der Waals surface area contributed by atoms with E-state index in [-0.39, 0.29) is 0 Å². The molecule has 1 rings (SSSR count). The Kier molecular flexibility index (Phi) is 8.79. The van der Waals surface area contributed by atoms with Gasteiger partial charge in [-0.1, -0.05) is 0 Å². The van der Waals surface area contributed by atoms with E-state index in [9.17, 15) is 0 Å². The van der Waals surface area contributed by atoms with Crippen molar-refractivity contribution in [2.75, 3.05) is 44.4 Å². The molecule has 0 aromatic carbocycles. The second-order valence-electron chi connectivity index (χ2n) is 4.93. The maximum absolute atomic E-state index is 3.43. The van der Waals surface area contributed by atoms with E-state index in [4.69, 9.17) is 0 Å². The van der Waals surface area contributed by atoms with E-state index in [1.54, 1.807) is 0 Å². The maximum atomic E-state index is 3.43. The molecular weight excluding hydrogens is 248 g/mol. The third-order valence-corrected chi connectivity index (χ3v) is 5.58. The van der Waals surface area contributed by atoms with Gasteiger partial charge in [0.1, 0.15) is 0 Å². The molecular formula is C13H28N2S2. The average Bonchev–Trinajstić information content (AvgIpc) is 2.37. The van der Waals surface area contributed by atoms with Crippen molar-refractivity contribution in [3.05, 3.63) is 0 Å². The molecule has 1 N–H and O–H groups in total. The summed E-state index contributed by atoms with van der Waals surface area (Å²) in [6.45, 7) is 6.03. The summed E-state index contributed by atoms with van der Waals surface area (Å²) in [4.78, 5) is 2.52. The molecule has 2 nitrogen and oxygen atoms in total. The minimum absolute atomic E-state index is 0.732. The van der Waals surface area contributed by atoms with Gasteiger partial charge in [0.15, 0.2) is 0 Å². The molecule has 1 aliphatic rings. The van der Waals surface area contributed by atoms with Crippen molar-refractivity contribution < 1.29 is 0 Å². The highest BCUT2D eigenvalue weighted by Crippen LogP contribution is 2.20. The van der Waals surface area contributed by atoms with Gasteiger partial charge in [-0.15, -0.1) is 0 Å². The lowest BCUT2D eigenvalue weighted by atomic mass is 10.2. The molecule has 1 aliphatic heterocycles. The van der Waals surface area contributed by atoms with Crippen LogP contribution in [0, 0.1) is 0 Å². The molecule has 4 heteroatoms. The topological polar surface area (TPSA) is 15.3 Å². The number of rotatable bonds is 8. The highest BCUT2D eigenvalue weighted by Gasteiger charge is 2.14. The van der Waals surface area contributed by atoms with Crippen molar-refractivity contribution in [3.8, 4) is 0 Å². The Bertz CT molecular complexity index is 184. The predicted octanol–water partition coefficient (Wildman–Crippen LogP) is 2.55. The lowest BCUT2D eigenvalue weighted by Crippen LogP contribution is -2.33. The standard InChI is InChI=1S/C13H28N2S2/c1-12(6-10-16-3)15(2)9-11-17-13-4-7-14-8-5-13/h12-14H,4-11H2,1-3H3. The average molecular weight is 277 g/mol. The monoisotopic (exact) mass is 276 g/mol. The van der Waals surface area contributed by atoms with Crippen molar-refractivity contribution in [1.82, 2.24) is 10.2 Å². The van der Waals surface area contributed by atoms with E-state index in [1.807, 2.05) is 11.8 Å². The van der Waals surface area contributed by atoms with Gasteiger partial charge in [0.25, 0.3) is 0 Å². The third-order valence-electron chi connectivity index (χ3n) is 3.58. The summed E-state index contributed by atoms with van der Waals surface area (Å²) in [5.74, 6) is 2.58. The molecule has 0 amide bonds. The number of nitrogens with zero attached hydrogens (tertiary/aromatic N) is 1. The second-order valence-corrected chi connectivity index (χ2v) is 7.33. The van der Waals surface area contributed by atoms with Crippen molar-refractivity contribution in [1.29, 1.82) is 0 Å². The Hall–Kier alpha value is 0.620. The van der Waals surface area contributed by atoms with Crippen LogP contribution >= 0.6 is 23.5 Å². The zero-order valence-electron chi connectivity index (χ0n) is 11.6. The van der Waals surface area contributed by atoms with Crippen LogP contribution in [0.15, 0.2) is 0 Å². The van der Waals surface area contributed by atoms with Crippen molar-refractivity contribution in [2.24, 2.45) is 0 Å². The number of thioether (sulfide) groups is 2. The van der Waals surface area contributed by atoms with Crippen molar-refractivity contribution in [2.45, 2.75) is 37.5 Å². The molecule has 0 radical (unpaired) electrons. The summed E-state index contributed by atoms with van der Waals surface area (Å²) in [5.41, 5.74) is 0. The molecule has 17 heavy (non-hydrogen) atoms. The van der Waals surface area contributed by atoms with Crippen LogP contribution in [0.25, 0.3) is 0 Å². The predicted molar refractivity (Wildman–Crippen MR) is 83.4 cm³/mol. The lowest BCUT2D eigenvalue weighted by molar-refractivity contribution is 0.268. The zero-order valence-corrected chi connectivity index (χ0v) is 13.2. The quantitative estimate of drug-likeness (QED) is 0.732. The van der Waals surface area contributed by atoms with Gasteiger partial charge in [-0.2, -0.15) is 23.5 Å². The third kappa shape index (κ3) is 6.94. The molecule has 1 fully saturated rings. The van der Waals surface area contributed by atoms with Crippen LogP contribution < -0.4 is 5.32 Å². The minimum Gasteiger partial charge on any atom is -0.317 e. The van der Waals surface area contributed by atoms with E-state index >= 15 is 0 Å². The zero-order chi connectivity index (χ0) is 12.5. The Morgan fingerprint density at radius 3 is 2.65 bits per heavy atom. The number of hydrogen-bond acceptors (Lipinski definition) is 4. The fraction of sp³-hybridized carbons (Fsp3) is 1.00. The van der Waals surface area contributed by atoms with Gasteiger partial charge in [0, 0.05) is 23.6 Å². The van der Waals surface area contributed by atoms with E-state index < -0.39 is 0 Å². The van der Waals surface area contributed by atoms with Crippen LogP contribution in [0.3, 0.4) is 0 Å². The maximum Gasteiger partial charge on any atom is 0.00722 e. The first-order valence-electron chi connectivity index (χ1n) is 6.75. The van der Waals surface area contributed by atoms with Crippen LogP contribution in [-0.2, 0) is 0 Å². The molecule has 102 valence electrons. The van der Waals surface area contributed by atoms with Gasteiger partial charge < -0.3 is 10.2 Å². The fourth-order valence-electron chi connectivity index (χ4n) is 2.05. The smallest absolute Gasteiger partial charge is 0.00722 e. The van der Waals surface area contributed by atoms with Gasteiger partial charge in [-0.3, -0.25) is 0 Å². The van der Waals surface area contributed by atoms with Gasteiger partial charge in [0.05, 0.1) is 0 Å². The summed E-state index contributed by atoms with van der Waals surface area (Å²) in [6, 6.07) is 0.732. The summed E-state index contributed by atoms with van der Waals surface area (Å²) in [7, 11) is 2.27. The Morgan fingerprint density at radius 1 is 1.29 bits per heavy atom. The van der Waals surface area contributed by atoms with Crippen LogP contribution in [-0.4, -0.2) is 60.6 Å². The van der Waals surface area contributed by atoms with Crippen LogP contribution in [0.1, 0.15) is 26.2 Å². The SMILES string of the molecule is CSCCC(C)N(C)CCSC1CCNCC1. The van der Waals surface area contributed by atoms with Gasteiger partial charge in [-0.25, -0.2) is 0 Å². The Balaban J connectivity index is 2.04. The first kappa shape index (κ1) is 15.7. The molecule has 1 heterocycles. The van der Waals surface area contributed by atoms with Gasteiger partial charge in [0.2, 0.25) is 0 Å². The van der Waals surface area contributed by atoms with E-state index in [0.717, 1.165) is 11.3 Å². The summed E-state index contributed by atoms with van der Waals surface area (Å²) >= 11 is 4.14. The second kappa shape index (κ2) is 9.54. The Labute approximate surface area is 116 Å². The molecule has 1 unspecified atom stereocenters. The van der Waals surface area contributed by atoms with Gasteiger partial charge >= 0.3 is 0 Å². The van der Waals surface area contributed by atoms with Crippen LogP contribution in [0.2, 0.25) is 0 Å². The van der Waals surface area contributed by atoms with E-state index in [1.165, 1.54) is 50.4 Å². The number of piperidine rings is 1. The normalized spacial score (nSPS) is 19.8. The van der Waals surface area contributed by atoms with Crippen LogP contribution in [0.4, 0.5) is 0 Å². The summed E-state index contributed by atoms with van der Waals surface area (Å²) in [6.07, 6.45) is 6.22.